The van der Waals surface area contributed by atoms with Gasteiger partial charge in [0, 0.05) is 23.2 Å². The van der Waals surface area contributed by atoms with Crippen molar-refractivity contribution in [2.45, 2.75) is 10.1 Å². The van der Waals surface area contributed by atoms with E-state index < -0.39 is 10.0 Å². The number of halogens is 2. The first-order chi connectivity index (χ1) is 20.0. The number of anilines is 3. The Labute approximate surface area is 255 Å². The van der Waals surface area contributed by atoms with Crippen LogP contribution >= 0.6 is 35.0 Å². The highest BCUT2D eigenvalue weighted by molar-refractivity contribution is 7.99. The number of nitriles is 1. The van der Waals surface area contributed by atoms with Gasteiger partial charge in [0.1, 0.15) is 5.82 Å². The van der Waals surface area contributed by atoms with E-state index in [1.54, 1.807) is 30.3 Å². The Kier molecular flexibility index (Phi) is 9.77. The molecule has 1 heterocycles. The second-order valence-corrected chi connectivity index (χ2v) is 11.8. The van der Waals surface area contributed by atoms with Gasteiger partial charge in [-0.1, -0.05) is 35.0 Å². The predicted octanol–water partition coefficient (Wildman–Crippen LogP) is 5.61. The van der Waals surface area contributed by atoms with Crippen LogP contribution < -0.4 is 25.2 Å². The Bertz CT molecular complexity index is 1820. The average molecular weight is 646 g/mol. The fourth-order valence-corrected chi connectivity index (χ4v) is 5.47. The highest BCUT2D eigenvalue weighted by Gasteiger charge is 2.17. The minimum atomic E-state index is -3.85. The highest BCUT2D eigenvalue weighted by Crippen LogP contribution is 2.39. The lowest BCUT2D eigenvalue weighted by molar-refractivity contribution is -0.113. The minimum Gasteiger partial charge on any atom is -0.493 e. The number of allylic oxidation sites excluding steroid dienone is 1. The van der Waals surface area contributed by atoms with Gasteiger partial charge >= 0.3 is 0 Å². The van der Waals surface area contributed by atoms with Gasteiger partial charge in [0.15, 0.2) is 16.7 Å². The molecule has 1 aromatic heterocycles. The lowest BCUT2D eigenvalue weighted by atomic mass is 10.1. The van der Waals surface area contributed by atoms with Crippen LogP contribution in [0.2, 0.25) is 10.0 Å². The highest BCUT2D eigenvalue weighted by atomic mass is 35.5. The molecule has 216 valence electrons. The summed E-state index contributed by atoms with van der Waals surface area (Å²) in [5.74, 6) is 0.791. The van der Waals surface area contributed by atoms with Crippen molar-refractivity contribution in [1.29, 1.82) is 5.26 Å². The number of fused-ring (bicyclic) bond motifs is 1. The lowest BCUT2D eigenvalue weighted by Crippen LogP contribution is -2.15. The number of primary sulfonamides is 1. The summed E-state index contributed by atoms with van der Waals surface area (Å²) < 4.78 is 33.8. The third-order valence-corrected chi connectivity index (χ3v) is 8.01. The number of ether oxygens (including phenoxy) is 2. The van der Waals surface area contributed by atoms with Crippen molar-refractivity contribution >= 4 is 85.1 Å². The molecule has 42 heavy (non-hydrogen) atoms. The number of amides is 1. The van der Waals surface area contributed by atoms with Crippen molar-refractivity contribution in [3.63, 3.8) is 0 Å². The zero-order valence-corrected chi connectivity index (χ0v) is 25.2. The van der Waals surface area contributed by atoms with Gasteiger partial charge in [-0.25, -0.2) is 23.5 Å². The molecular weight excluding hydrogens is 623 g/mol. The Morgan fingerprint density at radius 3 is 2.31 bits per heavy atom. The van der Waals surface area contributed by atoms with Gasteiger partial charge in [-0.2, -0.15) is 5.26 Å². The number of hydrogen-bond donors (Lipinski definition) is 3. The molecule has 0 atom stereocenters. The van der Waals surface area contributed by atoms with E-state index in [2.05, 4.69) is 20.6 Å². The van der Waals surface area contributed by atoms with E-state index in [0.29, 0.717) is 45.2 Å². The number of carbonyl (C=O) groups is 1. The van der Waals surface area contributed by atoms with Crippen molar-refractivity contribution in [1.82, 2.24) is 9.97 Å². The number of aromatic nitrogens is 2. The van der Waals surface area contributed by atoms with Crippen LogP contribution in [-0.4, -0.2) is 44.3 Å². The molecule has 0 aliphatic heterocycles. The summed E-state index contributed by atoms with van der Waals surface area (Å²) >= 11 is 14.1. The maximum Gasteiger partial charge on any atom is 0.238 e. The van der Waals surface area contributed by atoms with Crippen LogP contribution in [-0.2, 0) is 14.8 Å². The summed E-state index contributed by atoms with van der Waals surface area (Å²) in [6.45, 7) is 0. The number of carbonyl (C=O) groups excluding carboxylic acids is 1. The normalized spacial score (nSPS) is 11.3. The number of nitrogens with zero attached hydrogens (tertiary/aromatic N) is 3. The zero-order chi connectivity index (χ0) is 30.4. The first-order valence-electron chi connectivity index (χ1n) is 11.8. The molecule has 0 aliphatic carbocycles. The number of hydrogen-bond acceptors (Lipinski definition) is 10. The second kappa shape index (κ2) is 13.3. The van der Waals surface area contributed by atoms with E-state index in [9.17, 15) is 13.2 Å². The maximum absolute atomic E-state index is 12.6. The van der Waals surface area contributed by atoms with Crippen molar-refractivity contribution in [2.24, 2.45) is 5.14 Å². The Morgan fingerprint density at radius 2 is 1.71 bits per heavy atom. The first kappa shape index (κ1) is 30.9. The monoisotopic (exact) mass is 644 g/mol. The van der Waals surface area contributed by atoms with Gasteiger partial charge in [0.05, 0.1) is 52.2 Å². The number of sulfonamides is 1. The molecule has 0 saturated carbocycles. The zero-order valence-electron chi connectivity index (χ0n) is 22.0. The smallest absolute Gasteiger partial charge is 0.238 e. The summed E-state index contributed by atoms with van der Waals surface area (Å²) in [7, 11) is -0.842. The first-order valence-corrected chi connectivity index (χ1v) is 15.1. The fraction of sp³-hybridized carbons (Fsp3) is 0.111. The number of benzene rings is 3. The molecule has 0 bridgehead atoms. The quantitative estimate of drug-likeness (QED) is 0.112. The molecule has 4 aromatic rings. The molecule has 0 saturated heterocycles. The topological polar surface area (TPSA) is 169 Å². The summed E-state index contributed by atoms with van der Waals surface area (Å²) in [4.78, 5) is 21.8. The van der Waals surface area contributed by atoms with Gasteiger partial charge in [-0.3, -0.25) is 4.79 Å². The average Bonchev–Trinajstić information content (AvgIpc) is 2.95. The van der Waals surface area contributed by atoms with Crippen molar-refractivity contribution in [3.8, 4) is 17.6 Å². The predicted molar refractivity (Wildman–Crippen MR) is 164 cm³/mol. The largest absolute Gasteiger partial charge is 0.493 e. The van der Waals surface area contributed by atoms with Crippen LogP contribution in [0, 0.1) is 11.3 Å². The van der Waals surface area contributed by atoms with E-state index in [-0.39, 0.29) is 31.8 Å². The van der Waals surface area contributed by atoms with Crippen LogP contribution in [0.15, 0.2) is 64.7 Å². The van der Waals surface area contributed by atoms with Crippen molar-refractivity contribution < 1.29 is 22.7 Å². The number of thioether (sulfide) groups is 1. The summed E-state index contributed by atoms with van der Waals surface area (Å²) in [5, 5.41) is 21.2. The number of methoxy groups -OCH3 is 2. The summed E-state index contributed by atoms with van der Waals surface area (Å²) in [6, 6.07) is 14.1. The third-order valence-electron chi connectivity index (χ3n) is 5.64. The van der Waals surface area contributed by atoms with Gasteiger partial charge in [0.25, 0.3) is 0 Å². The number of rotatable bonds is 10. The molecule has 15 heteroatoms. The van der Waals surface area contributed by atoms with E-state index in [1.165, 1.54) is 44.6 Å². The van der Waals surface area contributed by atoms with Gasteiger partial charge in [-0.15, -0.1) is 0 Å². The third kappa shape index (κ3) is 7.41. The van der Waals surface area contributed by atoms with Crippen molar-refractivity contribution in [3.05, 3.63) is 70.2 Å². The molecule has 0 fully saturated rings. The van der Waals surface area contributed by atoms with E-state index in [4.69, 9.17) is 43.1 Å². The number of nitrogens with two attached hydrogens (primary N) is 1. The summed E-state index contributed by atoms with van der Waals surface area (Å²) in [5.41, 5.74) is 1.90. The van der Waals surface area contributed by atoms with Gasteiger partial charge in [-0.05, 0) is 54.1 Å². The molecule has 1 amide bonds. The molecule has 0 aliphatic rings. The second-order valence-electron chi connectivity index (χ2n) is 8.43. The molecular formula is C27H22Cl2N6O5S2. The molecule has 4 N–H and O–H groups in total. The lowest BCUT2D eigenvalue weighted by Gasteiger charge is -2.15. The summed E-state index contributed by atoms with van der Waals surface area (Å²) in [6.07, 6.45) is 2.89. The standard InChI is InChI=1S/C27H22Cl2N6O5S2/c1-39-22-12-18-21(13-23(22)40-2)33-27(41-14-24(36)32-16-5-7-17(8-6-16)42(31,37)38)35-26(18)34-25-19(28)10-15(4-3-9-30)11-20(25)29/h3-8,10-13H,14H2,1-2H3,(H,32,36)(H2,31,37,38)(H,33,34,35)/b4-3+. The fourth-order valence-electron chi connectivity index (χ4n) is 3.71. The molecule has 3 aromatic carbocycles. The molecule has 4 rings (SSSR count). The SMILES string of the molecule is COc1cc2nc(SCC(=O)Nc3ccc(S(N)(=O)=O)cc3)nc(Nc3c(Cl)cc(/C=C/C#N)cc3Cl)c2cc1OC. The Hall–Kier alpha value is -4.06. The maximum atomic E-state index is 12.6. The van der Waals surface area contributed by atoms with Crippen LogP contribution in [0.3, 0.4) is 0 Å². The minimum absolute atomic E-state index is 0.0589. The molecule has 0 unspecified atom stereocenters. The van der Waals surface area contributed by atoms with Crippen LogP contribution in [0.1, 0.15) is 5.56 Å². The van der Waals surface area contributed by atoms with E-state index >= 15 is 0 Å². The van der Waals surface area contributed by atoms with Crippen LogP contribution in [0.4, 0.5) is 17.2 Å². The van der Waals surface area contributed by atoms with Crippen LogP contribution in [0.25, 0.3) is 17.0 Å². The van der Waals surface area contributed by atoms with E-state index in [1.807, 2.05) is 6.07 Å². The molecule has 0 spiro atoms. The van der Waals surface area contributed by atoms with Crippen LogP contribution in [0.5, 0.6) is 11.5 Å². The number of nitrogens with one attached hydrogen (secondary N) is 2. The van der Waals surface area contributed by atoms with Gasteiger partial charge in [0.2, 0.25) is 15.9 Å². The van der Waals surface area contributed by atoms with Crippen molar-refractivity contribution in [2.75, 3.05) is 30.6 Å². The Morgan fingerprint density at radius 1 is 1.07 bits per heavy atom. The Balaban J connectivity index is 1.64. The molecule has 11 nitrogen and oxygen atoms in total. The van der Waals surface area contributed by atoms with Gasteiger partial charge < -0.3 is 20.1 Å². The van der Waals surface area contributed by atoms with E-state index in [0.717, 1.165) is 11.8 Å². The molecule has 0 radical (unpaired) electrons.